The normalized spacial score (nSPS) is 22.7. The molecule has 1 saturated carbocycles. The molecule has 1 aromatic heterocycles. The number of aromatic nitrogens is 1. The lowest BCUT2D eigenvalue weighted by atomic mass is 9.87. The largest absolute Gasteiger partial charge is 0.437 e. The summed E-state index contributed by atoms with van der Waals surface area (Å²) in [6.07, 6.45) is 7.74. The number of rotatable bonds is 3. The van der Waals surface area contributed by atoms with E-state index in [1.807, 2.05) is 24.3 Å². The Hall–Kier alpha value is -2.10. The highest BCUT2D eigenvalue weighted by atomic mass is 16.3. The molecule has 1 aromatic carbocycles. The van der Waals surface area contributed by atoms with Crippen LogP contribution in [0.5, 0.6) is 0 Å². The van der Waals surface area contributed by atoms with Crippen molar-refractivity contribution in [2.24, 2.45) is 5.92 Å². The van der Waals surface area contributed by atoms with Gasteiger partial charge in [-0.05, 0) is 30.9 Å². The van der Waals surface area contributed by atoms with Crippen molar-refractivity contribution in [2.45, 2.75) is 38.6 Å². The minimum Gasteiger partial charge on any atom is -0.437 e. The fourth-order valence-corrected chi connectivity index (χ4v) is 2.92. The van der Waals surface area contributed by atoms with Crippen molar-refractivity contribution >= 4 is 23.1 Å². The molecule has 1 aliphatic rings. The number of hydrogen-bond donors (Lipinski definition) is 1. The Bertz CT molecular complexity index is 627. The fourth-order valence-electron chi connectivity index (χ4n) is 2.92. The number of carbonyl (C=O) groups is 1. The first-order valence-corrected chi connectivity index (χ1v) is 7.55. The van der Waals surface area contributed by atoms with E-state index < -0.39 is 0 Å². The third-order valence-corrected chi connectivity index (χ3v) is 3.97. The van der Waals surface area contributed by atoms with Crippen LogP contribution in [0.3, 0.4) is 0 Å². The van der Waals surface area contributed by atoms with Crippen molar-refractivity contribution in [3.05, 3.63) is 36.2 Å². The number of oxazole rings is 1. The van der Waals surface area contributed by atoms with Crippen LogP contribution in [-0.2, 0) is 4.79 Å². The molecular formula is C17H20N2O2. The number of hydrogen-bond acceptors (Lipinski definition) is 3. The van der Waals surface area contributed by atoms with E-state index in [0.29, 0.717) is 17.9 Å². The van der Waals surface area contributed by atoms with Crippen LogP contribution in [0.15, 0.2) is 34.8 Å². The molecule has 4 nitrogen and oxygen atoms in total. The zero-order valence-corrected chi connectivity index (χ0v) is 12.2. The van der Waals surface area contributed by atoms with E-state index in [0.717, 1.165) is 23.9 Å². The van der Waals surface area contributed by atoms with Gasteiger partial charge in [0.05, 0.1) is 0 Å². The van der Waals surface area contributed by atoms with Crippen LogP contribution in [0.4, 0.5) is 0 Å². The lowest BCUT2D eigenvalue weighted by molar-refractivity contribution is -0.117. The number of para-hydroxylation sites is 2. The van der Waals surface area contributed by atoms with Crippen molar-refractivity contribution in [1.29, 1.82) is 0 Å². The molecule has 2 atom stereocenters. The molecule has 0 bridgehead atoms. The molecule has 1 fully saturated rings. The molecule has 2 aromatic rings. The van der Waals surface area contributed by atoms with Gasteiger partial charge in [-0.25, -0.2) is 4.98 Å². The summed E-state index contributed by atoms with van der Waals surface area (Å²) in [4.78, 5) is 16.2. The second-order valence-electron chi connectivity index (χ2n) is 5.83. The fraction of sp³-hybridized carbons (Fsp3) is 0.412. The molecule has 3 rings (SSSR count). The third kappa shape index (κ3) is 3.51. The van der Waals surface area contributed by atoms with Crippen LogP contribution >= 0.6 is 0 Å². The van der Waals surface area contributed by atoms with E-state index in [1.165, 1.54) is 18.9 Å². The van der Waals surface area contributed by atoms with Crippen LogP contribution < -0.4 is 5.32 Å². The molecule has 1 N–H and O–H groups in total. The SMILES string of the molecule is CC1CCCC(NC(=O)/C=C/c2nc3ccccc3o2)C1. The number of fused-ring (bicyclic) bond motifs is 1. The highest BCUT2D eigenvalue weighted by molar-refractivity contribution is 5.91. The van der Waals surface area contributed by atoms with E-state index in [-0.39, 0.29) is 5.91 Å². The van der Waals surface area contributed by atoms with Gasteiger partial charge in [-0.2, -0.15) is 0 Å². The Labute approximate surface area is 124 Å². The Morgan fingerprint density at radius 1 is 1.38 bits per heavy atom. The summed E-state index contributed by atoms with van der Waals surface area (Å²) < 4.78 is 5.55. The van der Waals surface area contributed by atoms with Gasteiger partial charge in [0.2, 0.25) is 11.8 Å². The van der Waals surface area contributed by atoms with Crippen LogP contribution in [0.2, 0.25) is 0 Å². The molecule has 1 amide bonds. The van der Waals surface area contributed by atoms with Crippen molar-refractivity contribution < 1.29 is 9.21 Å². The van der Waals surface area contributed by atoms with E-state index in [4.69, 9.17) is 4.42 Å². The van der Waals surface area contributed by atoms with E-state index in [2.05, 4.69) is 17.2 Å². The number of nitrogens with zero attached hydrogens (tertiary/aromatic N) is 1. The van der Waals surface area contributed by atoms with Gasteiger partial charge < -0.3 is 9.73 Å². The van der Waals surface area contributed by atoms with E-state index >= 15 is 0 Å². The van der Waals surface area contributed by atoms with Gasteiger partial charge in [-0.1, -0.05) is 31.9 Å². The minimum atomic E-state index is -0.0728. The second kappa shape index (κ2) is 6.12. The molecule has 0 saturated heterocycles. The average Bonchev–Trinajstić information content (AvgIpc) is 2.88. The molecule has 1 heterocycles. The van der Waals surface area contributed by atoms with Gasteiger partial charge in [-0.3, -0.25) is 4.79 Å². The smallest absolute Gasteiger partial charge is 0.244 e. The summed E-state index contributed by atoms with van der Waals surface area (Å²) in [5, 5.41) is 3.06. The van der Waals surface area contributed by atoms with Crippen LogP contribution in [0.1, 0.15) is 38.5 Å². The van der Waals surface area contributed by atoms with E-state index in [1.54, 1.807) is 6.08 Å². The molecule has 2 unspecified atom stereocenters. The topological polar surface area (TPSA) is 55.1 Å². The molecule has 0 aliphatic heterocycles. The maximum Gasteiger partial charge on any atom is 0.244 e. The monoisotopic (exact) mass is 284 g/mol. The quantitative estimate of drug-likeness (QED) is 0.877. The highest BCUT2D eigenvalue weighted by Crippen LogP contribution is 2.23. The summed E-state index contributed by atoms with van der Waals surface area (Å²) in [5.74, 6) is 1.09. The number of benzene rings is 1. The molecule has 1 aliphatic carbocycles. The number of carbonyl (C=O) groups excluding carboxylic acids is 1. The Kier molecular flexibility index (Phi) is 4.04. The van der Waals surface area contributed by atoms with Crippen molar-refractivity contribution in [3.63, 3.8) is 0 Å². The Morgan fingerprint density at radius 3 is 3.05 bits per heavy atom. The third-order valence-electron chi connectivity index (χ3n) is 3.97. The van der Waals surface area contributed by atoms with Crippen LogP contribution in [0, 0.1) is 5.92 Å². The van der Waals surface area contributed by atoms with Gasteiger partial charge in [-0.15, -0.1) is 0 Å². The average molecular weight is 284 g/mol. The lowest BCUT2D eigenvalue weighted by Crippen LogP contribution is -2.36. The predicted molar refractivity (Wildman–Crippen MR) is 82.6 cm³/mol. The van der Waals surface area contributed by atoms with Crippen molar-refractivity contribution in [1.82, 2.24) is 10.3 Å². The van der Waals surface area contributed by atoms with Gasteiger partial charge >= 0.3 is 0 Å². The summed E-state index contributed by atoms with van der Waals surface area (Å²) in [6, 6.07) is 7.87. The Balaban J connectivity index is 1.61. The number of amides is 1. The zero-order chi connectivity index (χ0) is 14.7. The molecule has 21 heavy (non-hydrogen) atoms. The first-order valence-electron chi connectivity index (χ1n) is 7.55. The first-order chi connectivity index (χ1) is 10.2. The molecule has 0 spiro atoms. The highest BCUT2D eigenvalue weighted by Gasteiger charge is 2.19. The van der Waals surface area contributed by atoms with Gasteiger partial charge in [0.15, 0.2) is 5.58 Å². The van der Waals surface area contributed by atoms with Gasteiger partial charge in [0, 0.05) is 18.2 Å². The summed E-state index contributed by atoms with van der Waals surface area (Å²) in [7, 11) is 0. The lowest BCUT2D eigenvalue weighted by Gasteiger charge is -2.26. The molecular weight excluding hydrogens is 264 g/mol. The molecule has 0 radical (unpaired) electrons. The number of nitrogens with one attached hydrogen (secondary N) is 1. The van der Waals surface area contributed by atoms with Gasteiger partial charge in [0.25, 0.3) is 0 Å². The Morgan fingerprint density at radius 2 is 2.24 bits per heavy atom. The van der Waals surface area contributed by atoms with Gasteiger partial charge in [0.1, 0.15) is 5.52 Å². The molecule has 110 valence electrons. The summed E-state index contributed by atoms with van der Waals surface area (Å²) in [6.45, 7) is 2.24. The first kappa shape index (κ1) is 13.9. The van der Waals surface area contributed by atoms with Crippen molar-refractivity contribution in [2.75, 3.05) is 0 Å². The second-order valence-corrected chi connectivity index (χ2v) is 5.83. The van der Waals surface area contributed by atoms with E-state index in [9.17, 15) is 4.79 Å². The van der Waals surface area contributed by atoms with Crippen molar-refractivity contribution in [3.8, 4) is 0 Å². The summed E-state index contributed by atoms with van der Waals surface area (Å²) in [5.41, 5.74) is 1.54. The summed E-state index contributed by atoms with van der Waals surface area (Å²) >= 11 is 0. The maximum absolute atomic E-state index is 11.9. The predicted octanol–water partition coefficient (Wildman–Crippen LogP) is 3.54. The van der Waals surface area contributed by atoms with Crippen LogP contribution in [0.25, 0.3) is 17.2 Å². The standard InChI is InChI=1S/C17H20N2O2/c1-12-5-4-6-13(11-12)18-16(20)9-10-17-19-14-7-2-3-8-15(14)21-17/h2-3,7-10,12-13H,4-6,11H2,1H3,(H,18,20)/b10-9+. The zero-order valence-electron chi connectivity index (χ0n) is 12.2. The molecule has 4 heteroatoms. The minimum absolute atomic E-state index is 0.0728. The van der Waals surface area contributed by atoms with Crippen LogP contribution in [-0.4, -0.2) is 16.9 Å². The maximum atomic E-state index is 11.9.